The van der Waals surface area contributed by atoms with E-state index >= 15 is 0 Å². The number of phenolic OH excluding ortho intramolecular Hbond substituents is 1. The van der Waals surface area contributed by atoms with Crippen LogP contribution in [-0.4, -0.2) is 42.5 Å². The van der Waals surface area contributed by atoms with E-state index in [0.717, 1.165) is 31.7 Å². The van der Waals surface area contributed by atoms with Crippen molar-refractivity contribution in [1.82, 2.24) is 5.01 Å². The largest absolute Gasteiger partial charge is 0.508 e. The minimum Gasteiger partial charge on any atom is -0.508 e. The van der Waals surface area contributed by atoms with Gasteiger partial charge in [0, 0.05) is 18.8 Å². The maximum atomic E-state index is 9.43. The van der Waals surface area contributed by atoms with Crippen molar-refractivity contribution in [2.45, 2.75) is 0 Å². The molecule has 0 spiro atoms. The molecule has 1 fully saturated rings. The third kappa shape index (κ3) is 3.54. The van der Waals surface area contributed by atoms with E-state index in [1.54, 1.807) is 18.3 Å². The molecule has 0 unspecified atom stereocenters. The summed E-state index contributed by atoms with van der Waals surface area (Å²) in [5.74, 6) is 0.271. The fourth-order valence-electron chi connectivity index (χ4n) is 2.46. The van der Waals surface area contributed by atoms with Crippen molar-refractivity contribution in [2.75, 3.05) is 31.1 Å². The highest BCUT2D eigenvalue weighted by molar-refractivity contribution is 5.79. The van der Waals surface area contributed by atoms with Crippen LogP contribution in [0.25, 0.3) is 0 Å². The molecule has 0 bridgehead atoms. The molecule has 0 aliphatic carbocycles. The van der Waals surface area contributed by atoms with Crippen LogP contribution >= 0.6 is 0 Å². The van der Waals surface area contributed by atoms with Crippen molar-refractivity contribution in [2.24, 2.45) is 5.10 Å². The lowest BCUT2D eigenvalue weighted by atomic mass is 10.2. The molecule has 1 aliphatic heterocycles. The van der Waals surface area contributed by atoms with Crippen LogP contribution in [0, 0.1) is 0 Å². The van der Waals surface area contributed by atoms with E-state index in [1.807, 2.05) is 18.2 Å². The van der Waals surface area contributed by atoms with Crippen LogP contribution in [0.3, 0.4) is 0 Å². The van der Waals surface area contributed by atoms with E-state index in [4.69, 9.17) is 0 Å². The van der Waals surface area contributed by atoms with Crippen LogP contribution in [0.4, 0.5) is 5.69 Å². The Balaban J connectivity index is 1.56. The van der Waals surface area contributed by atoms with Gasteiger partial charge >= 0.3 is 0 Å². The molecule has 0 aromatic heterocycles. The molecule has 2 aromatic rings. The highest BCUT2D eigenvalue weighted by atomic mass is 16.3. The summed E-state index contributed by atoms with van der Waals surface area (Å²) in [4.78, 5) is 2.38. The van der Waals surface area contributed by atoms with E-state index in [-0.39, 0.29) is 5.75 Å². The number of piperazine rings is 1. The second kappa shape index (κ2) is 6.31. The molecule has 4 nitrogen and oxygen atoms in total. The Morgan fingerprint density at radius 1 is 0.905 bits per heavy atom. The zero-order valence-corrected chi connectivity index (χ0v) is 11.9. The summed E-state index contributed by atoms with van der Waals surface area (Å²) in [6.45, 7) is 3.76. The average molecular weight is 281 g/mol. The summed E-state index contributed by atoms with van der Waals surface area (Å²) in [7, 11) is 0. The van der Waals surface area contributed by atoms with Crippen LogP contribution in [0.15, 0.2) is 59.7 Å². The summed E-state index contributed by atoms with van der Waals surface area (Å²) in [6, 6.07) is 17.6. The Morgan fingerprint density at radius 3 is 2.38 bits per heavy atom. The summed E-state index contributed by atoms with van der Waals surface area (Å²) in [5, 5.41) is 16.0. The Hall–Kier alpha value is -2.49. The van der Waals surface area contributed by atoms with Crippen molar-refractivity contribution in [1.29, 1.82) is 0 Å². The number of benzene rings is 2. The molecule has 0 saturated carbocycles. The molecule has 3 rings (SSSR count). The first-order valence-corrected chi connectivity index (χ1v) is 7.19. The van der Waals surface area contributed by atoms with Crippen molar-refractivity contribution >= 4 is 11.9 Å². The predicted octanol–water partition coefficient (Wildman–Crippen LogP) is 2.55. The maximum Gasteiger partial charge on any atom is 0.116 e. The molecule has 0 amide bonds. The quantitative estimate of drug-likeness (QED) is 0.879. The van der Waals surface area contributed by atoms with Gasteiger partial charge in [0.15, 0.2) is 0 Å². The number of hydrogen-bond acceptors (Lipinski definition) is 4. The van der Waals surface area contributed by atoms with Crippen molar-refractivity contribution in [3.63, 3.8) is 0 Å². The van der Waals surface area contributed by atoms with E-state index in [0.29, 0.717) is 0 Å². The van der Waals surface area contributed by atoms with Gasteiger partial charge in [0.1, 0.15) is 5.75 Å². The monoisotopic (exact) mass is 281 g/mol. The number of phenols is 1. The normalized spacial score (nSPS) is 15.6. The molecular weight excluding hydrogens is 262 g/mol. The van der Waals surface area contributed by atoms with Crippen LogP contribution in [0.1, 0.15) is 5.56 Å². The van der Waals surface area contributed by atoms with E-state index in [2.05, 4.69) is 39.3 Å². The first kappa shape index (κ1) is 13.5. The number of para-hydroxylation sites is 1. The number of rotatable bonds is 3. The van der Waals surface area contributed by atoms with Crippen molar-refractivity contribution < 1.29 is 5.11 Å². The van der Waals surface area contributed by atoms with Gasteiger partial charge in [-0.1, -0.05) is 30.3 Å². The standard InChI is InChI=1S/C17H19N3O/c21-17-8-4-5-15(13-17)14-18-20-11-9-19(10-12-20)16-6-2-1-3-7-16/h1-8,13-14,21H,9-12H2. The molecule has 1 N–H and O–H groups in total. The molecule has 0 radical (unpaired) electrons. The van der Waals surface area contributed by atoms with Crippen molar-refractivity contribution in [3.8, 4) is 5.75 Å². The lowest BCUT2D eigenvalue weighted by molar-refractivity contribution is 0.272. The van der Waals surface area contributed by atoms with Gasteiger partial charge in [0.2, 0.25) is 0 Å². The first-order valence-electron chi connectivity index (χ1n) is 7.19. The first-order chi connectivity index (χ1) is 10.3. The van der Waals surface area contributed by atoms with E-state index in [1.165, 1.54) is 5.69 Å². The average Bonchev–Trinajstić information content (AvgIpc) is 2.54. The second-order valence-corrected chi connectivity index (χ2v) is 5.12. The summed E-state index contributed by atoms with van der Waals surface area (Å²) in [5.41, 5.74) is 2.19. The smallest absolute Gasteiger partial charge is 0.116 e. The molecule has 108 valence electrons. The van der Waals surface area contributed by atoms with Gasteiger partial charge in [-0.05, 0) is 29.8 Å². The number of hydrogen-bond donors (Lipinski definition) is 1. The SMILES string of the molecule is Oc1cccc(C=NN2CCN(c3ccccc3)CC2)c1. The molecule has 2 aromatic carbocycles. The van der Waals surface area contributed by atoms with Crippen LogP contribution < -0.4 is 4.90 Å². The van der Waals surface area contributed by atoms with Gasteiger partial charge in [0.05, 0.1) is 19.3 Å². The summed E-state index contributed by atoms with van der Waals surface area (Å²) >= 11 is 0. The Kier molecular flexibility index (Phi) is 4.05. The molecule has 1 saturated heterocycles. The molecule has 1 heterocycles. The zero-order valence-electron chi connectivity index (χ0n) is 11.9. The molecule has 21 heavy (non-hydrogen) atoms. The van der Waals surface area contributed by atoms with E-state index < -0.39 is 0 Å². The number of anilines is 1. The van der Waals surface area contributed by atoms with Crippen LogP contribution in [-0.2, 0) is 0 Å². The highest BCUT2D eigenvalue weighted by Gasteiger charge is 2.15. The van der Waals surface area contributed by atoms with Gasteiger partial charge in [0.25, 0.3) is 0 Å². The Morgan fingerprint density at radius 2 is 1.67 bits per heavy atom. The Bertz CT molecular complexity index is 604. The lowest BCUT2D eigenvalue weighted by Crippen LogP contribution is -2.44. The topological polar surface area (TPSA) is 39.1 Å². The van der Waals surface area contributed by atoms with Crippen molar-refractivity contribution in [3.05, 3.63) is 60.2 Å². The van der Waals surface area contributed by atoms with Crippen LogP contribution in [0.5, 0.6) is 5.75 Å². The number of hydrazone groups is 1. The summed E-state index contributed by atoms with van der Waals surface area (Å²) < 4.78 is 0. The third-order valence-electron chi connectivity index (χ3n) is 3.62. The zero-order chi connectivity index (χ0) is 14.5. The number of nitrogens with zero attached hydrogens (tertiary/aromatic N) is 3. The van der Waals surface area contributed by atoms with Gasteiger partial charge in [-0.2, -0.15) is 5.10 Å². The predicted molar refractivity (Wildman–Crippen MR) is 85.9 cm³/mol. The van der Waals surface area contributed by atoms with Gasteiger partial charge in [-0.3, -0.25) is 5.01 Å². The summed E-state index contributed by atoms with van der Waals surface area (Å²) in [6.07, 6.45) is 1.80. The molecular formula is C17H19N3O. The van der Waals surface area contributed by atoms with Gasteiger partial charge in [-0.15, -0.1) is 0 Å². The lowest BCUT2D eigenvalue weighted by Gasteiger charge is -2.34. The fourth-order valence-corrected chi connectivity index (χ4v) is 2.46. The van der Waals surface area contributed by atoms with E-state index in [9.17, 15) is 5.11 Å². The second-order valence-electron chi connectivity index (χ2n) is 5.12. The Labute approximate surface area is 124 Å². The fraction of sp³-hybridized carbons (Fsp3) is 0.235. The van der Waals surface area contributed by atoms with Gasteiger partial charge in [-0.25, -0.2) is 0 Å². The number of aromatic hydroxyl groups is 1. The third-order valence-corrected chi connectivity index (χ3v) is 3.62. The minimum atomic E-state index is 0.271. The van der Waals surface area contributed by atoms with Crippen LogP contribution in [0.2, 0.25) is 0 Å². The highest BCUT2D eigenvalue weighted by Crippen LogP contribution is 2.15. The maximum absolute atomic E-state index is 9.43. The molecule has 0 atom stereocenters. The molecule has 1 aliphatic rings. The minimum absolute atomic E-state index is 0.271. The molecule has 4 heteroatoms. The van der Waals surface area contributed by atoms with Gasteiger partial charge < -0.3 is 10.0 Å².